The lowest BCUT2D eigenvalue weighted by Gasteiger charge is -2.32. The Kier molecular flexibility index (Phi) is 10.5. The third kappa shape index (κ3) is 7.50. The van der Waals surface area contributed by atoms with E-state index in [0.717, 1.165) is 16.4 Å². The topological polar surface area (TPSA) is 105 Å². The van der Waals surface area contributed by atoms with Crippen LogP contribution in [0.1, 0.15) is 26.3 Å². The summed E-state index contributed by atoms with van der Waals surface area (Å²) in [6.07, 6.45) is 0. The molecule has 0 aliphatic carbocycles. The van der Waals surface area contributed by atoms with Crippen molar-refractivity contribution in [3.8, 4) is 11.5 Å². The fraction of sp³-hybridized carbons (Fsp3) is 0.310. The lowest BCUT2D eigenvalue weighted by atomic mass is 10.1. The molecule has 0 bridgehead atoms. The smallest absolute Gasteiger partial charge is 0.264 e. The zero-order chi connectivity index (χ0) is 29.3. The third-order valence-corrected chi connectivity index (χ3v) is 7.91. The molecule has 0 aliphatic rings. The molecule has 1 atom stereocenters. The molecule has 0 radical (unpaired) electrons. The fourth-order valence-electron chi connectivity index (χ4n) is 4.01. The number of likely N-dealkylation sites (N-methyl/N-ethyl adjacent to an activating group) is 1. The maximum absolute atomic E-state index is 13.8. The molecule has 0 fully saturated rings. The van der Waals surface area contributed by atoms with Crippen molar-refractivity contribution in [2.75, 3.05) is 31.1 Å². The maximum atomic E-state index is 13.8. The zero-order valence-electron chi connectivity index (χ0n) is 23.0. The highest BCUT2D eigenvalue weighted by molar-refractivity contribution is 7.92. The predicted molar refractivity (Wildman–Crippen MR) is 150 cm³/mol. The van der Waals surface area contributed by atoms with Crippen LogP contribution in [0.2, 0.25) is 0 Å². The first kappa shape index (κ1) is 30.4. The van der Waals surface area contributed by atoms with Gasteiger partial charge in [-0.2, -0.15) is 0 Å². The number of sulfonamides is 1. The molecule has 0 saturated heterocycles. The summed E-state index contributed by atoms with van der Waals surface area (Å²) in [5.74, 6) is -0.507. The summed E-state index contributed by atoms with van der Waals surface area (Å²) in [5.41, 5.74) is 0.780. The molecule has 0 saturated carbocycles. The summed E-state index contributed by atoms with van der Waals surface area (Å²) in [4.78, 5) is 27.8. The van der Waals surface area contributed by atoms with Crippen LogP contribution in [0.15, 0.2) is 77.7 Å². The van der Waals surface area contributed by atoms with E-state index in [1.807, 2.05) is 6.92 Å². The van der Waals surface area contributed by atoms with Crippen molar-refractivity contribution >= 4 is 27.5 Å². The van der Waals surface area contributed by atoms with Crippen molar-refractivity contribution < 1.29 is 31.9 Å². The van der Waals surface area contributed by atoms with Gasteiger partial charge in [0.05, 0.1) is 24.3 Å². The van der Waals surface area contributed by atoms with Crippen molar-refractivity contribution in [1.82, 2.24) is 10.2 Å². The molecule has 3 rings (SSSR count). The van der Waals surface area contributed by atoms with Crippen LogP contribution in [0, 0.1) is 5.82 Å². The highest BCUT2D eigenvalue weighted by atomic mass is 32.2. The summed E-state index contributed by atoms with van der Waals surface area (Å²) in [6, 6.07) is 16.7. The summed E-state index contributed by atoms with van der Waals surface area (Å²) in [6.45, 7) is 5.31. The van der Waals surface area contributed by atoms with Crippen molar-refractivity contribution in [2.45, 2.75) is 38.3 Å². The molecule has 214 valence electrons. The number of anilines is 1. The van der Waals surface area contributed by atoms with E-state index < -0.39 is 34.3 Å². The molecule has 3 aromatic carbocycles. The van der Waals surface area contributed by atoms with Crippen LogP contribution < -0.4 is 19.1 Å². The number of hydrogen-bond donors (Lipinski definition) is 1. The first-order valence-electron chi connectivity index (χ1n) is 12.8. The molecular weight excluding hydrogens is 537 g/mol. The van der Waals surface area contributed by atoms with Crippen LogP contribution in [0.5, 0.6) is 11.5 Å². The van der Waals surface area contributed by atoms with Gasteiger partial charge < -0.3 is 19.7 Å². The average Bonchev–Trinajstić information content (AvgIpc) is 2.95. The maximum Gasteiger partial charge on any atom is 0.264 e. The molecule has 0 aromatic heterocycles. The second kappa shape index (κ2) is 13.8. The minimum absolute atomic E-state index is 0.0225. The van der Waals surface area contributed by atoms with Crippen LogP contribution in [-0.2, 0) is 26.2 Å². The van der Waals surface area contributed by atoms with Crippen LogP contribution in [-0.4, -0.2) is 58.0 Å². The highest BCUT2D eigenvalue weighted by Gasteiger charge is 2.32. The Morgan fingerprint density at radius 3 is 2.25 bits per heavy atom. The molecule has 0 spiro atoms. The van der Waals surface area contributed by atoms with Gasteiger partial charge in [0, 0.05) is 13.1 Å². The number of benzene rings is 3. The number of amides is 2. The number of methoxy groups -OCH3 is 1. The Morgan fingerprint density at radius 1 is 0.975 bits per heavy atom. The van der Waals surface area contributed by atoms with Gasteiger partial charge in [0.15, 0.2) is 0 Å². The average molecular weight is 572 g/mol. The second-order valence-electron chi connectivity index (χ2n) is 8.84. The number of hydrogen-bond acceptors (Lipinski definition) is 6. The van der Waals surface area contributed by atoms with Crippen molar-refractivity contribution in [2.24, 2.45) is 0 Å². The molecule has 0 aliphatic heterocycles. The van der Waals surface area contributed by atoms with Gasteiger partial charge in [0.25, 0.3) is 10.0 Å². The number of carbonyl (C=O) groups excluding carboxylic acids is 2. The quantitative estimate of drug-likeness (QED) is 0.333. The third-order valence-electron chi connectivity index (χ3n) is 6.12. The Balaban J connectivity index is 2.02. The van der Waals surface area contributed by atoms with E-state index in [9.17, 15) is 22.4 Å². The molecule has 3 aromatic rings. The standard InChI is InChI=1S/C29H34FN3O6S/c1-5-31-29(35)21(3)32(19-22-8-7-9-26(18-22)38-4)28(34)20-33(24-12-10-23(30)11-13-24)40(36,37)27-16-14-25(15-17-27)39-6-2/h7-18,21H,5-6,19-20H2,1-4H3,(H,31,35)/t21-/m0/s1. The van der Waals surface area contributed by atoms with E-state index in [-0.39, 0.29) is 23.0 Å². The summed E-state index contributed by atoms with van der Waals surface area (Å²) >= 11 is 0. The first-order valence-corrected chi connectivity index (χ1v) is 14.3. The number of rotatable bonds is 13. The van der Waals surface area contributed by atoms with Gasteiger partial charge in [-0.15, -0.1) is 0 Å². The van der Waals surface area contributed by atoms with Gasteiger partial charge in [-0.1, -0.05) is 12.1 Å². The SMILES string of the molecule is CCNC(=O)[C@H](C)N(Cc1cccc(OC)c1)C(=O)CN(c1ccc(F)cc1)S(=O)(=O)c1ccc(OCC)cc1. The lowest BCUT2D eigenvalue weighted by Crippen LogP contribution is -2.51. The Hall–Kier alpha value is -4.12. The van der Waals surface area contributed by atoms with E-state index in [0.29, 0.717) is 30.2 Å². The van der Waals surface area contributed by atoms with Gasteiger partial charge in [0.1, 0.15) is 29.9 Å². The van der Waals surface area contributed by atoms with Gasteiger partial charge in [-0.05, 0) is 87.0 Å². The Bertz CT molecular complexity index is 1400. The summed E-state index contributed by atoms with van der Waals surface area (Å²) in [5, 5.41) is 2.71. The number of carbonyl (C=O) groups is 2. The highest BCUT2D eigenvalue weighted by Crippen LogP contribution is 2.26. The minimum atomic E-state index is -4.28. The van der Waals surface area contributed by atoms with E-state index in [1.54, 1.807) is 38.1 Å². The van der Waals surface area contributed by atoms with Gasteiger partial charge in [0.2, 0.25) is 11.8 Å². The molecule has 0 heterocycles. The van der Waals surface area contributed by atoms with E-state index >= 15 is 0 Å². The van der Waals surface area contributed by atoms with E-state index in [2.05, 4.69) is 5.32 Å². The predicted octanol–water partition coefficient (Wildman–Crippen LogP) is 3.98. The Morgan fingerprint density at radius 2 is 1.65 bits per heavy atom. The summed E-state index contributed by atoms with van der Waals surface area (Å²) in [7, 11) is -2.76. The fourth-order valence-corrected chi connectivity index (χ4v) is 5.42. The monoisotopic (exact) mass is 571 g/mol. The molecule has 0 unspecified atom stereocenters. The van der Waals surface area contributed by atoms with Crippen LogP contribution in [0.25, 0.3) is 0 Å². The Labute approximate surface area is 234 Å². The molecular formula is C29H34FN3O6S. The second-order valence-corrected chi connectivity index (χ2v) is 10.7. The summed E-state index contributed by atoms with van der Waals surface area (Å²) < 4.78 is 53.0. The molecule has 9 nitrogen and oxygen atoms in total. The molecule has 2 amide bonds. The molecule has 40 heavy (non-hydrogen) atoms. The van der Waals surface area contributed by atoms with Crippen molar-refractivity contribution in [3.05, 3.63) is 84.2 Å². The van der Waals surface area contributed by atoms with Gasteiger partial charge >= 0.3 is 0 Å². The van der Waals surface area contributed by atoms with Gasteiger partial charge in [-0.25, -0.2) is 12.8 Å². The number of nitrogens with one attached hydrogen (secondary N) is 1. The normalized spacial score (nSPS) is 11.8. The van der Waals surface area contributed by atoms with E-state index in [1.165, 1.54) is 48.4 Å². The molecule has 11 heteroatoms. The lowest BCUT2D eigenvalue weighted by molar-refractivity contribution is -0.139. The number of ether oxygens (including phenoxy) is 2. The largest absolute Gasteiger partial charge is 0.497 e. The van der Waals surface area contributed by atoms with Crippen molar-refractivity contribution in [3.63, 3.8) is 0 Å². The van der Waals surface area contributed by atoms with Crippen molar-refractivity contribution in [1.29, 1.82) is 0 Å². The van der Waals surface area contributed by atoms with Crippen LogP contribution in [0.3, 0.4) is 0 Å². The van der Waals surface area contributed by atoms with E-state index in [4.69, 9.17) is 9.47 Å². The van der Waals surface area contributed by atoms with Gasteiger partial charge in [-0.3, -0.25) is 13.9 Å². The first-order chi connectivity index (χ1) is 19.1. The number of halogens is 1. The minimum Gasteiger partial charge on any atom is -0.497 e. The number of nitrogens with zero attached hydrogens (tertiary/aromatic N) is 2. The van der Waals surface area contributed by atoms with Crippen LogP contribution >= 0.6 is 0 Å². The molecule has 1 N–H and O–H groups in total. The zero-order valence-corrected chi connectivity index (χ0v) is 23.8. The van der Waals surface area contributed by atoms with Crippen LogP contribution in [0.4, 0.5) is 10.1 Å².